The van der Waals surface area contributed by atoms with Crippen molar-refractivity contribution >= 4 is 0 Å². The van der Waals surface area contributed by atoms with Crippen LogP contribution in [-0.4, -0.2) is 39.2 Å². The minimum Gasteiger partial charge on any atom is -0.361 e. The molecule has 0 radical (unpaired) electrons. The summed E-state index contributed by atoms with van der Waals surface area (Å²) in [6, 6.07) is 3.52. The molecule has 2 aromatic heterocycles. The van der Waals surface area contributed by atoms with Crippen LogP contribution in [0.4, 0.5) is 0 Å². The zero-order chi connectivity index (χ0) is 15.4. The fourth-order valence-electron chi connectivity index (χ4n) is 2.99. The van der Waals surface area contributed by atoms with Crippen molar-refractivity contribution in [3.63, 3.8) is 0 Å². The van der Waals surface area contributed by atoms with Gasteiger partial charge < -0.3 is 9.42 Å². The van der Waals surface area contributed by atoms with Gasteiger partial charge >= 0.3 is 0 Å². The molecule has 2 aromatic rings. The third-order valence-corrected chi connectivity index (χ3v) is 4.31. The monoisotopic (exact) mass is 302 g/mol. The topological polar surface area (TPSA) is 64.2 Å². The average Bonchev–Trinajstić information content (AvgIpc) is 2.94. The number of piperidine rings is 1. The van der Waals surface area contributed by atoms with Crippen molar-refractivity contribution in [1.82, 2.24) is 19.6 Å². The van der Waals surface area contributed by atoms with Gasteiger partial charge in [0, 0.05) is 37.8 Å². The summed E-state index contributed by atoms with van der Waals surface area (Å²) >= 11 is 0. The van der Waals surface area contributed by atoms with E-state index >= 15 is 0 Å². The maximum Gasteiger partial charge on any atom is 0.253 e. The number of rotatable bonds is 5. The van der Waals surface area contributed by atoms with Gasteiger partial charge in [0.1, 0.15) is 5.76 Å². The van der Waals surface area contributed by atoms with Crippen LogP contribution >= 0.6 is 0 Å². The van der Waals surface area contributed by atoms with Crippen LogP contribution in [0.5, 0.6) is 0 Å². The second kappa shape index (κ2) is 6.87. The van der Waals surface area contributed by atoms with Gasteiger partial charge in [0.15, 0.2) is 0 Å². The molecular weight excluding hydrogens is 280 g/mol. The maximum absolute atomic E-state index is 11.7. The number of hydrogen-bond donors (Lipinski definition) is 0. The minimum atomic E-state index is 0.0399. The van der Waals surface area contributed by atoms with Gasteiger partial charge in [0.2, 0.25) is 0 Å². The Morgan fingerprint density at radius 2 is 2.18 bits per heavy atom. The summed E-state index contributed by atoms with van der Waals surface area (Å²) in [6.45, 7) is 5.88. The van der Waals surface area contributed by atoms with Crippen LogP contribution in [0.3, 0.4) is 0 Å². The molecule has 1 aliphatic rings. The average molecular weight is 302 g/mol. The molecule has 6 heteroatoms. The van der Waals surface area contributed by atoms with Gasteiger partial charge in [-0.2, -0.15) is 0 Å². The second-order valence-electron chi connectivity index (χ2n) is 6.04. The largest absolute Gasteiger partial charge is 0.361 e. The van der Waals surface area contributed by atoms with Crippen molar-refractivity contribution in [2.24, 2.45) is 5.92 Å². The number of aryl methyl sites for hydroxylation is 1. The lowest BCUT2D eigenvalue weighted by Crippen LogP contribution is -2.37. The third kappa shape index (κ3) is 3.82. The summed E-state index contributed by atoms with van der Waals surface area (Å²) in [5, 5.41) is 3.92. The first-order valence-corrected chi connectivity index (χ1v) is 7.86. The van der Waals surface area contributed by atoms with Crippen molar-refractivity contribution in [1.29, 1.82) is 0 Å². The van der Waals surface area contributed by atoms with E-state index in [9.17, 15) is 4.79 Å². The van der Waals surface area contributed by atoms with Gasteiger partial charge in [-0.15, -0.1) is 0 Å². The van der Waals surface area contributed by atoms with Gasteiger partial charge in [0.05, 0.1) is 12.0 Å². The quantitative estimate of drug-likeness (QED) is 0.837. The van der Waals surface area contributed by atoms with E-state index in [0.717, 1.165) is 56.9 Å². The molecule has 0 saturated carbocycles. The summed E-state index contributed by atoms with van der Waals surface area (Å²) in [5.41, 5.74) is 0.980. The summed E-state index contributed by atoms with van der Waals surface area (Å²) in [7, 11) is 0. The molecule has 3 rings (SSSR count). The zero-order valence-corrected chi connectivity index (χ0v) is 12.9. The molecule has 6 nitrogen and oxygen atoms in total. The first kappa shape index (κ1) is 15.0. The smallest absolute Gasteiger partial charge is 0.253 e. The first-order valence-electron chi connectivity index (χ1n) is 7.86. The molecule has 0 bridgehead atoms. The van der Waals surface area contributed by atoms with E-state index in [-0.39, 0.29) is 5.56 Å². The van der Waals surface area contributed by atoms with Crippen LogP contribution < -0.4 is 5.56 Å². The highest BCUT2D eigenvalue weighted by Gasteiger charge is 2.20. The number of nitrogens with zero attached hydrogens (tertiary/aromatic N) is 4. The number of likely N-dealkylation sites (tertiary alicyclic amines) is 1. The molecule has 0 aliphatic carbocycles. The Bertz CT molecular complexity index is 656. The molecule has 0 unspecified atom stereocenters. The fourth-order valence-corrected chi connectivity index (χ4v) is 2.99. The SMILES string of the molecule is Cc1cc(CCN2CCC(Cn3cnccc3=O)CC2)on1. The van der Waals surface area contributed by atoms with Crippen LogP contribution in [0, 0.1) is 12.8 Å². The van der Waals surface area contributed by atoms with E-state index in [0.29, 0.717) is 5.92 Å². The highest BCUT2D eigenvalue weighted by Crippen LogP contribution is 2.18. The van der Waals surface area contributed by atoms with Gasteiger partial charge in [0.25, 0.3) is 5.56 Å². The van der Waals surface area contributed by atoms with Gasteiger partial charge in [-0.25, -0.2) is 4.98 Å². The molecule has 22 heavy (non-hydrogen) atoms. The molecule has 0 amide bonds. The summed E-state index contributed by atoms with van der Waals surface area (Å²) in [4.78, 5) is 18.2. The Morgan fingerprint density at radius 3 is 2.86 bits per heavy atom. The Balaban J connectivity index is 1.44. The van der Waals surface area contributed by atoms with E-state index < -0.39 is 0 Å². The summed E-state index contributed by atoms with van der Waals surface area (Å²) in [5.74, 6) is 1.52. The first-order chi connectivity index (χ1) is 10.7. The molecule has 1 saturated heterocycles. The molecule has 1 aliphatic heterocycles. The van der Waals surface area contributed by atoms with Crippen LogP contribution in [0.1, 0.15) is 24.3 Å². The Morgan fingerprint density at radius 1 is 1.36 bits per heavy atom. The Hall–Kier alpha value is -1.95. The van der Waals surface area contributed by atoms with Crippen molar-refractivity contribution in [3.05, 3.63) is 46.5 Å². The van der Waals surface area contributed by atoms with E-state index in [1.807, 2.05) is 13.0 Å². The third-order valence-electron chi connectivity index (χ3n) is 4.31. The van der Waals surface area contributed by atoms with Gasteiger partial charge in [-0.1, -0.05) is 5.16 Å². The predicted molar refractivity (Wildman–Crippen MR) is 82.6 cm³/mol. The van der Waals surface area contributed by atoms with Crippen LogP contribution in [0.2, 0.25) is 0 Å². The zero-order valence-electron chi connectivity index (χ0n) is 12.9. The normalized spacial score (nSPS) is 17.0. The van der Waals surface area contributed by atoms with E-state index in [2.05, 4.69) is 15.0 Å². The molecule has 3 heterocycles. The molecule has 0 aromatic carbocycles. The van der Waals surface area contributed by atoms with Gasteiger partial charge in [-0.05, 0) is 38.8 Å². The van der Waals surface area contributed by atoms with Crippen LogP contribution in [-0.2, 0) is 13.0 Å². The lowest BCUT2D eigenvalue weighted by Gasteiger charge is -2.31. The summed E-state index contributed by atoms with van der Waals surface area (Å²) in [6.07, 6.45) is 6.34. The maximum atomic E-state index is 11.7. The lowest BCUT2D eigenvalue weighted by atomic mass is 9.96. The highest BCUT2D eigenvalue weighted by atomic mass is 16.5. The van der Waals surface area contributed by atoms with E-state index in [1.54, 1.807) is 17.1 Å². The summed E-state index contributed by atoms with van der Waals surface area (Å²) < 4.78 is 6.97. The Kier molecular flexibility index (Phi) is 4.68. The van der Waals surface area contributed by atoms with Crippen molar-refractivity contribution in [2.45, 2.75) is 32.7 Å². The van der Waals surface area contributed by atoms with Gasteiger partial charge in [-0.3, -0.25) is 9.36 Å². The van der Waals surface area contributed by atoms with E-state index in [1.165, 1.54) is 6.07 Å². The van der Waals surface area contributed by atoms with E-state index in [4.69, 9.17) is 4.52 Å². The minimum absolute atomic E-state index is 0.0399. The second-order valence-corrected chi connectivity index (χ2v) is 6.04. The molecule has 0 N–H and O–H groups in total. The molecular formula is C16H22N4O2. The molecule has 118 valence electrons. The standard InChI is InChI=1S/C16H22N4O2/c1-13-10-15(22-18-13)5-9-19-7-3-14(4-8-19)11-20-12-17-6-2-16(20)21/h2,6,10,12,14H,3-5,7-9,11H2,1H3. The molecule has 0 atom stereocenters. The number of hydrogen-bond acceptors (Lipinski definition) is 5. The fraction of sp³-hybridized carbons (Fsp3) is 0.562. The predicted octanol–water partition coefficient (Wildman–Crippen LogP) is 1.49. The van der Waals surface area contributed by atoms with Crippen LogP contribution in [0.15, 0.2) is 34.0 Å². The highest BCUT2D eigenvalue weighted by molar-refractivity contribution is 5.03. The van der Waals surface area contributed by atoms with Crippen molar-refractivity contribution in [2.75, 3.05) is 19.6 Å². The number of aromatic nitrogens is 3. The lowest BCUT2D eigenvalue weighted by molar-refractivity contribution is 0.171. The molecule has 1 fully saturated rings. The molecule has 0 spiro atoms. The Labute approximate surface area is 129 Å². The van der Waals surface area contributed by atoms with Crippen molar-refractivity contribution in [3.8, 4) is 0 Å². The van der Waals surface area contributed by atoms with Crippen molar-refractivity contribution < 1.29 is 4.52 Å². The van der Waals surface area contributed by atoms with Crippen LogP contribution in [0.25, 0.3) is 0 Å².